The van der Waals surface area contributed by atoms with Gasteiger partial charge in [0.15, 0.2) is 4.96 Å². The molecule has 24 heavy (non-hydrogen) atoms. The molecule has 0 bridgehead atoms. The number of carbonyl (C=O) groups is 2. The molecule has 3 rings (SSSR count). The highest BCUT2D eigenvalue weighted by molar-refractivity contribution is 7.17. The number of rotatable bonds is 3. The molecule has 1 N–H and O–H groups in total. The minimum Gasteiger partial charge on any atom is -0.480 e. The molecule has 0 spiro atoms. The molecule has 128 valence electrons. The maximum absolute atomic E-state index is 12.8. The molecular weight excluding hydrogens is 334 g/mol. The normalized spacial score (nSPS) is 20.7. The first-order valence-electron chi connectivity index (χ1n) is 7.39. The predicted molar refractivity (Wildman–Crippen MR) is 86.7 cm³/mol. The Hall–Kier alpha value is -2.26. The summed E-state index contributed by atoms with van der Waals surface area (Å²) in [4.78, 5) is 43.7. The zero-order valence-corrected chi connectivity index (χ0v) is 14.3. The number of aromatic nitrogens is 2. The number of thiazole rings is 1. The quantitative estimate of drug-likeness (QED) is 0.873. The van der Waals surface area contributed by atoms with Crippen molar-refractivity contribution in [3.8, 4) is 0 Å². The van der Waals surface area contributed by atoms with Gasteiger partial charge < -0.3 is 14.7 Å². The largest absolute Gasteiger partial charge is 0.480 e. The van der Waals surface area contributed by atoms with E-state index in [0.29, 0.717) is 4.96 Å². The Morgan fingerprint density at radius 2 is 2.12 bits per heavy atom. The van der Waals surface area contributed by atoms with Gasteiger partial charge in [-0.15, -0.1) is 11.3 Å². The molecule has 8 nitrogen and oxygen atoms in total. The van der Waals surface area contributed by atoms with Crippen LogP contribution in [0.15, 0.2) is 11.0 Å². The molecule has 1 aliphatic heterocycles. The number of aliphatic carboxylic acids is 1. The van der Waals surface area contributed by atoms with Crippen LogP contribution in [0.3, 0.4) is 0 Å². The van der Waals surface area contributed by atoms with Gasteiger partial charge >= 0.3 is 5.97 Å². The SMILES string of the molecule is COC1CC(C(=O)O)N(C(=O)c2cnc3sc(C)c(C)n3c2=O)C1. The average molecular weight is 351 g/mol. The van der Waals surface area contributed by atoms with Gasteiger partial charge in [0.1, 0.15) is 11.6 Å². The van der Waals surface area contributed by atoms with Crippen molar-refractivity contribution in [1.82, 2.24) is 14.3 Å². The van der Waals surface area contributed by atoms with Crippen molar-refractivity contribution in [2.75, 3.05) is 13.7 Å². The second-order valence-corrected chi connectivity index (χ2v) is 6.93. The van der Waals surface area contributed by atoms with Gasteiger partial charge in [-0.1, -0.05) is 0 Å². The lowest BCUT2D eigenvalue weighted by Crippen LogP contribution is -2.43. The van der Waals surface area contributed by atoms with Crippen LogP contribution in [-0.4, -0.2) is 57.1 Å². The fourth-order valence-corrected chi connectivity index (χ4v) is 3.83. The summed E-state index contributed by atoms with van der Waals surface area (Å²) in [6, 6.07) is -1.01. The van der Waals surface area contributed by atoms with E-state index in [0.717, 1.165) is 10.6 Å². The lowest BCUT2D eigenvalue weighted by Gasteiger charge is -2.20. The highest BCUT2D eigenvalue weighted by atomic mass is 32.1. The predicted octanol–water partition coefficient (Wildman–Crippen LogP) is 0.687. The Bertz CT molecular complexity index is 887. The average Bonchev–Trinajstić information content (AvgIpc) is 3.10. The monoisotopic (exact) mass is 351 g/mol. The van der Waals surface area contributed by atoms with Gasteiger partial charge in [0.2, 0.25) is 0 Å². The van der Waals surface area contributed by atoms with Crippen molar-refractivity contribution in [2.45, 2.75) is 32.4 Å². The van der Waals surface area contributed by atoms with Crippen LogP contribution in [0.5, 0.6) is 0 Å². The maximum Gasteiger partial charge on any atom is 0.326 e. The standard InChI is InChI=1S/C15H17N3O5S/c1-7-8(2)24-15-16-5-10(13(20)18(7)15)12(19)17-6-9(23-3)4-11(17)14(21)22/h5,9,11H,4,6H2,1-3H3,(H,21,22). The molecule has 2 aromatic heterocycles. The number of amides is 1. The molecule has 0 aliphatic carbocycles. The third-order valence-electron chi connectivity index (χ3n) is 4.39. The van der Waals surface area contributed by atoms with Crippen molar-refractivity contribution in [1.29, 1.82) is 0 Å². The van der Waals surface area contributed by atoms with E-state index in [1.54, 1.807) is 6.92 Å². The molecule has 3 heterocycles. The first-order chi connectivity index (χ1) is 11.3. The fraction of sp³-hybridized carbons (Fsp3) is 0.467. The smallest absolute Gasteiger partial charge is 0.326 e. The summed E-state index contributed by atoms with van der Waals surface area (Å²) in [6.07, 6.45) is 1.07. The lowest BCUT2D eigenvalue weighted by molar-refractivity contribution is -0.141. The summed E-state index contributed by atoms with van der Waals surface area (Å²) in [7, 11) is 1.47. The Balaban J connectivity index is 2.05. The third kappa shape index (κ3) is 2.49. The number of aryl methyl sites for hydroxylation is 2. The van der Waals surface area contributed by atoms with Gasteiger partial charge in [-0.2, -0.15) is 0 Å². The van der Waals surface area contributed by atoms with Crippen molar-refractivity contribution in [2.24, 2.45) is 0 Å². The number of fused-ring (bicyclic) bond motifs is 1. The summed E-state index contributed by atoms with van der Waals surface area (Å²) in [6.45, 7) is 3.79. The summed E-state index contributed by atoms with van der Waals surface area (Å²) in [5, 5.41) is 9.33. The second kappa shape index (κ2) is 5.99. The van der Waals surface area contributed by atoms with Crippen LogP contribution in [0.25, 0.3) is 4.96 Å². The number of hydrogen-bond donors (Lipinski definition) is 1. The Kier molecular flexibility index (Phi) is 4.14. The minimum atomic E-state index is -1.11. The highest BCUT2D eigenvalue weighted by Crippen LogP contribution is 2.23. The van der Waals surface area contributed by atoms with Crippen LogP contribution < -0.4 is 5.56 Å². The van der Waals surface area contributed by atoms with E-state index in [4.69, 9.17) is 4.74 Å². The van der Waals surface area contributed by atoms with E-state index >= 15 is 0 Å². The number of carbonyl (C=O) groups excluding carboxylic acids is 1. The molecule has 1 aliphatic rings. The Morgan fingerprint density at radius 1 is 1.42 bits per heavy atom. The Morgan fingerprint density at radius 3 is 2.75 bits per heavy atom. The van der Waals surface area contributed by atoms with Crippen molar-refractivity contribution in [3.63, 3.8) is 0 Å². The van der Waals surface area contributed by atoms with Gasteiger partial charge in [0.05, 0.1) is 6.10 Å². The molecule has 9 heteroatoms. The molecular formula is C15H17N3O5S. The third-order valence-corrected chi connectivity index (χ3v) is 5.46. The molecule has 1 amide bonds. The number of ether oxygens (including phenoxy) is 1. The molecule has 0 radical (unpaired) electrons. The minimum absolute atomic E-state index is 0.128. The lowest BCUT2D eigenvalue weighted by atomic mass is 10.2. The van der Waals surface area contributed by atoms with Crippen LogP contribution in [0.2, 0.25) is 0 Å². The highest BCUT2D eigenvalue weighted by Gasteiger charge is 2.41. The van der Waals surface area contributed by atoms with E-state index < -0.39 is 23.5 Å². The van der Waals surface area contributed by atoms with E-state index in [1.165, 1.54) is 33.9 Å². The number of carboxylic acid groups (broad SMARTS) is 1. The molecule has 2 atom stereocenters. The zero-order chi connectivity index (χ0) is 17.6. The van der Waals surface area contributed by atoms with E-state index in [9.17, 15) is 19.5 Å². The van der Waals surface area contributed by atoms with Crippen LogP contribution >= 0.6 is 11.3 Å². The number of likely N-dealkylation sites (tertiary alicyclic amines) is 1. The van der Waals surface area contributed by atoms with Gasteiger partial charge in [-0.05, 0) is 13.8 Å². The number of hydrogen-bond acceptors (Lipinski definition) is 6. The molecule has 1 saturated heterocycles. The topological polar surface area (TPSA) is 101 Å². The van der Waals surface area contributed by atoms with Crippen LogP contribution in [0, 0.1) is 13.8 Å². The van der Waals surface area contributed by atoms with Gasteiger partial charge in [-0.3, -0.25) is 14.0 Å². The summed E-state index contributed by atoms with van der Waals surface area (Å²) in [5.74, 6) is -1.74. The van der Waals surface area contributed by atoms with E-state index in [-0.39, 0.29) is 24.6 Å². The van der Waals surface area contributed by atoms with Gasteiger partial charge in [-0.25, -0.2) is 9.78 Å². The first kappa shape index (κ1) is 16.6. The fourth-order valence-electron chi connectivity index (χ4n) is 2.90. The molecule has 0 saturated carbocycles. The Labute approximate surface area is 141 Å². The van der Waals surface area contributed by atoms with Gasteiger partial charge in [0.25, 0.3) is 11.5 Å². The first-order valence-corrected chi connectivity index (χ1v) is 8.21. The summed E-state index contributed by atoms with van der Waals surface area (Å²) < 4.78 is 6.57. The zero-order valence-electron chi connectivity index (χ0n) is 13.5. The molecule has 0 aromatic carbocycles. The van der Waals surface area contributed by atoms with Crippen LogP contribution in [0.1, 0.15) is 27.3 Å². The molecule has 1 fully saturated rings. The second-order valence-electron chi connectivity index (χ2n) is 5.74. The summed E-state index contributed by atoms with van der Waals surface area (Å²) >= 11 is 1.37. The van der Waals surface area contributed by atoms with Crippen molar-refractivity contribution in [3.05, 3.63) is 32.7 Å². The summed E-state index contributed by atoms with van der Waals surface area (Å²) in [5.41, 5.74) is 0.126. The van der Waals surface area contributed by atoms with Crippen molar-refractivity contribution < 1.29 is 19.4 Å². The molecule has 2 aromatic rings. The molecule has 2 unspecified atom stereocenters. The maximum atomic E-state index is 12.8. The number of carboxylic acids is 1. The van der Waals surface area contributed by atoms with Gasteiger partial charge in [0, 0.05) is 36.8 Å². The number of methoxy groups -OCH3 is 1. The van der Waals surface area contributed by atoms with Crippen LogP contribution in [-0.2, 0) is 9.53 Å². The van der Waals surface area contributed by atoms with Crippen molar-refractivity contribution >= 4 is 28.2 Å². The van der Waals surface area contributed by atoms with E-state index in [2.05, 4.69) is 4.98 Å². The van der Waals surface area contributed by atoms with E-state index in [1.807, 2.05) is 6.92 Å². The number of nitrogens with zero attached hydrogens (tertiary/aromatic N) is 3. The van der Waals surface area contributed by atoms with Crippen LogP contribution in [0.4, 0.5) is 0 Å².